The van der Waals surface area contributed by atoms with E-state index in [1.54, 1.807) is 0 Å². The van der Waals surface area contributed by atoms with Gasteiger partial charge in [0.15, 0.2) is 0 Å². The second-order valence-corrected chi connectivity index (χ2v) is 16.9. The minimum absolute atomic E-state index is 0.216. The zero-order chi connectivity index (χ0) is 45.0. The number of para-hydroxylation sites is 1. The van der Waals surface area contributed by atoms with Crippen LogP contribution in [0.5, 0.6) is 0 Å². The fourth-order valence-corrected chi connectivity index (χ4v) is 9.02. The van der Waals surface area contributed by atoms with Gasteiger partial charge in [-0.2, -0.15) is 0 Å². The van der Waals surface area contributed by atoms with Crippen LogP contribution in [-0.2, 0) is 6.42 Å². The Kier molecular flexibility index (Phi) is 13.0. The summed E-state index contributed by atoms with van der Waals surface area (Å²) in [4.78, 5) is 2.33. The number of benzene rings is 10. The zero-order valence-electron chi connectivity index (χ0n) is 37.4. The molecule has 0 aliphatic carbocycles. The molecule has 1 unspecified atom stereocenters. The lowest BCUT2D eigenvalue weighted by Gasteiger charge is -2.26. The Morgan fingerprint density at radius 2 is 0.612 bits per heavy atom. The van der Waals surface area contributed by atoms with Crippen molar-refractivity contribution >= 4 is 40.4 Å². The van der Waals surface area contributed by atoms with Crippen molar-refractivity contribution in [2.75, 3.05) is 4.90 Å². The van der Waals surface area contributed by atoms with Crippen molar-refractivity contribution in [2.45, 2.75) is 12.3 Å². The Morgan fingerprint density at radius 3 is 1.03 bits per heavy atom. The molecule has 10 aromatic carbocycles. The summed E-state index contributed by atoms with van der Waals surface area (Å²) in [6, 6.07) is 100. The van der Waals surface area contributed by atoms with Crippen molar-refractivity contribution in [3.05, 3.63) is 329 Å². The van der Waals surface area contributed by atoms with Gasteiger partial charge in [-0.25, -0.2) is 0 Å². The van der Waals surface area contributed by atoms with Gasteiger partial charge in [0.2, 0.25) is 0 Å². The van der Waals surface area contributed by atoms with E-state index in [1.165, 1.54) is 66.8 Å². The molecule has 320 valence electrons. The fraction of sp³-hybridized carbons (Fsp3) is 0.0303. The highest BCUT2D eigenvalue weighted by atomic mass is 15.1. The van der Waals surface area contributed by atoms with Crippen molar-refractivity contribution in [3.63, 3.8) is 0 Å². The van der Waals surface area contributed by atoms with E-state index in [-0.39, 0.29) is 5.92 Å². The smallest absolute Gasteiger partial charge is 0.0462 e. The number of anilines is 3. The molecule has 0 radical (unpaired) electrons. The average Bonchev–Trinajstić information content (AvgIpc) is 3.41. The van der Waals surface area contributed by atoms with Crippen molar-refractivity contribution in [1.29, 1.82) is 0 Å². The van der Waals surface area contributed by atoms with Gasteiger partial charge in [0.25, 0.3) is 0 Å². The van der Waals surface area contributed by atoms with Gasteiger partial charge in [0.1, 0.15) is 0 Å². The molecule has 10 rings (SSSR count). The summed E-state index contributed by atoms with van der Waals surface area (Å²) in [5.41, 5.74) is 19.2. The first-order chi connectivity index (χ1) is 33.2. The third-order valence-corrected chi connectivity index (χ3v) is 12.5. The Bertz CT molecular complexity index is 3080. The lowest BCUT2D eigenvalue weighted by Crippen LogP contribution is -2.09. The van der Waals surface area contributed by atoms with Crippen LogP contribution in [-0.4, -0.2) is 0 Å². The Hall–Kier alpha value is -8.52. The summed E-state index contributed by atoms with van der Waals surface area (Å²) in [6.45, 7) is 0. The maximum Gasteiger partial charge on any atom is 0.0462 e. The third-order valence-electron chi connectivity index (χ3n) is 12.5. The highest BCUT2D eigenvalue weighted by Gasteiger charge is 2.17. The summed E-state index contributed by atoms with van der Waals surface area (Å²) in [6.07, 6.45) is 5.49. The van der Waals surface area contributed by atoms with Gasteiger partial charge in [0.05, 0.1) is 0 Å². The zero-order valence-corrected chi connectivity index (χ0v) is 37.4. The van der Waals surface area contributed by atoms with Gasteiger partial charge in [-0.3, -0.25) is 0 Å². The quantitative estimate of drug-likeness (QED) is 0.0985. The molecule has 0 saturated heterocycles. The van der Waals surface area contributed by atoms with E-state index in [1.807, 2.05) is 0 Å². The van der Waals surface area contributed by atoms with Crippen molar-refractivity contribution < 1.29 is 0 Å². The second-order valence-electron chi connectivity index (χ2n) is 16.9. The predicted octanol–water partition coefficient (Wildman–Crippen LogP) is 17.4. The minimum Gasteiger partial charge on any atom is -0.311 e. The molecular weight excluding hydrogens is 807 g/mol. The molecule has 0 aliphatic heterocycles. The molecule has 0 spiro atoms. The lowest BCUT2D eigenvalue weighted by molar-refractivity contribution is 0.805. The molecule has 0 bridgehead atoms. The molecule has 0 aromatic heterocycles. The van der Waals surface area contributed by atoms with E-state index < -0.39 is 0 Å². The maximum atomic E-state index is 2.33. The Morgan fingerprint density at radius 1 is 0.299 bits per heavy atom. The standard InChI is InChI=1S/C66H51N/c1-7-19-55(20-8-1)64(56-21-9-2-10-22-56)47-50-31-33-51(34-32-50)48-66(59-27-15-5-16-28-59)60-39-37-53(38-40-60)54-41-45-63(46-42-54)67(61-29-17-6-18-30-61)62-43-35-52(36-44-62)49-65(57-23-11-3-12-24-57)58-25-13-4-14-26-58/h1-47,49,66H,48H2. The largest absolute Gasteiger partial charge is 0.311 e. The fourth-order valence-electron chi connectivity index (χ4n) is 9.02. The first-order valence-corrected chi connectivity index (χ1v) is 23.2. The van der Waals surface area contributed by atoms with Gasteiger partial charge < -0.3 is 4.90 Å². The van der Waals surface area contributed by atoms with Gasteiger partial charge >= 0.3 is 0 Å². The summed E-state index contributed by atoms with van der Waals surface area (Å²) in [7, 11) is 0. The summed E-state index contributed by atoms with van der Waals surface area (Å²) < 4.78 is 0. The van der Waals surface area contributed by atoms with E-state index in [0.717, 1.165) is 29.0 Å². The normalized spacial score (nSPS) is 11.3. The molecular formula is C66H51N. The van der Waals surface area contributed by atoms with Crippen LogP contribution in [0.15, 0.2) is 279 Å². The molecule has 0 heterocycles. The Balaban J connectivity index is 0.892. The molecule has 1 nitrogen and oxygen atoms in total. The Labute approximate surface area is 396 Å². The second kappa shape index (κ2) is 20.5. The number of hydrogen-bond acceptors (Lipinski definition) is 1. The van der Waals surface area contributed by atoms with Crippen LogP contribution in [0.3, 0.4) is 0 Å². The van der Waals surface area contributed by atoms with E-state index >= 15 is 0 Å². The highest BCUT2D eigenvalue weighted by molar-refractivity contribution is 5.92. The van der Waals surface area contributed by atoms with Crippen LogP contribution in [0.2, 0.25) is 0 Å². The van der Waals surface area contributed by atoms with Crippen LogP contribution in [0, 0.1) is 0 Å². The summed E-state index contributed by atoms with van der Waals surface area (Å²) in [5.74, 6) is 0.216. The van der Waals surface area contributed by atoms with Crippen molar-refractivity contribution in [2.24, 2.45) is 0 Å². The first-order valence-electron chi connectivity index (χ1n) is 23.2. The molecule has 1 heteroatoms. The van der Waals surface area contributed by atoms with Gasteiger partial charge in [-0.05, 0) is 127 Å². The number of rotatable bonds is 14. The number of hydrogen-bond donors (Lipinski definition) is 0. The summed E-state index contributed by atoms with van der Waals surface area (Å²) in [5, 5.41) is 0. The van der Waals surface area contributed by atoms with Crippen LogP contribution in [0.1, 0.15) is 56.0 Å². The molecule has 0 fully saturated rings. The van der Waals surface area contributed by atoms with Crippen LogP contribution in [0.25, 0.3) is 34.4 Å². The van der Waals surface area contributed by atoms with Gasteiger partial charge in [-0.1, -0.05) is 243 Å². The van der Waals surface area contributed by atoms with Crippen LogP contribution >= 0.6 is 0 Å². The third kappa shape index (κ3) is 10.2. The first kappa shape index (κ1) is 42.4. The highest BCUT2D eigenvalue weighted by Crippen LogP contribution is 2.37. The SMILES string of the molecule is C(=C(c1ccccc1)c1ccccc1)c1ccc(CC(c2ccccc2)c2ccc(-c3ccc(N(c4ccccc4)c4ccc(C=C(c5ccccc5)c5ccccc5)cc4)cc3)cc2)cc1. The molecule has 0 N–H and O–H groups in total. The minimum atomic E-state index is 0.216. The topological polar surface area (TPSA) is 3.24 Å². The van der Waals surface area contributed by atoms with Crippen molar-refractivity contribution in [3.8, 4) is 11.1 Å². The van der Waals surface area contributed by atoms with Crippen LogP contribution < -0.4 is 4.90 Å². The molecule has 0 saturated carbocycles. The monoisotopic (exact) mass is 857 g/mol. The van der Waals surface area contributed by atoms with Crippen molar-refractivity contribution in [1.82, 2.24) is 0 Å². The van der Waals surface area contributed by atoms with E-state index in [2.05, 4.69) is 296 Å². The molecule has 0 aliphatic rings. The molecule has 67 heavy (non-hydrogen) atoms. The van der Waals surface area contributed by atoms with E-state index in [4.69, 9.17) is 0 Å². The number of nitrogens with zero attached hydrogens (tertiary/aromatic N) is 1. The van der Waals surface area contributed by atoms with Gasteiger partial charge in [-0.15, -0.1) is 0 Å². The van der Waals surface area contributed by atoms with E-state index in [0.29, 0.717) is 0 Å². The predicted molar refractivity (Wildman–Crippen MR) is 285 cm³/mol. The molecule has 10 aromatic rings. The summed E-state index contributed by atoms with van der Waals surface area (Å²) >= 11 is 0. The molecule has 0 amide bonds. The van der Waals surface area contributed by atoms with E-state index in [9.17, 15) is 0 Å². The lowest BCUT2D eigenvalue weighted by atomic mass is 9.85. The van der Waals surface area contributed by atoms with Crippen LogP contribution in [0.4, 0.5) is 17.1 Å². The maximum absolute atomic E-state index is 2.33. The molecule has 1 atom stereocenters. The average molecular weight is 858 g/mol. The van der Waals surface area contributed by atoms with Gasteiger partial charge in [0, 0.05) is 23.0 Å².